The maximum atomic E-state index is 4.76. The molecule has 0 saturated heterocycles. The number of thiocarbonyl (C=S) groups is 2. The smallest absolute Gasteiger partial charge is 0.411 e. The predicted molar refractivity (Wildman–Crippen MR) is 76.5 cm³/mol. The molecule has 2 nitrogen and oxygen atoms in total. The molecule has 0 aromatic carbocycles. The van der Waals surface area contributed by atoms with Gasteiger partial charge in [-0.05, 0) is 13.8 Å². The number of rotatable bonds is 2. The van der Waals surface area contributed by atoms with Crippen molar-refractivity contribution in [3.05, 3.63) is 0 Å². The van der Waals surface area contributed by atoms with Crippen molar-refractivity contribution < 1.29 is 34.1 Å². The van der Waals surface area contributed by atoms with E-state index >= 15 is 0 Å². The number of hydrogen-bond donors (Lipinski definition) is 0. The third-order valence-electron chi connectivity index (χ3n) is 1.39. The van der Waals surface area contributed by atoms with Crippen molar-refractivity contribution in [1.29, 1.82) is 0 Å². The molecule has 0 aromatic rings. The van der Waals surface area contributed by atoms with E-state index in [0.717, 1.165) is 13.1 Å². The molecule has 0 heterocycles. The molecule has 8 heteroatoms. The summed E-state index contributed by atoms with van der Waals surface area (Å²) in [6.45, 7) is 5.95. The Labute approximate surface area is 142 Å². The summed E-state index contributed by atoms with van der Waals surface area (Å²) in [5, 5.41) is 0. The Balaban J connectivity index is -0.0000000825. The van der Waals surface area contributed by atoms with Crippen molar-refractivity contribution in [2.75, 3.05) is 27.2 Å². The Hall–Kier alpha value is 1.26. The van der Waals surface area contributed by atoms with Crippen molar-refractivity contribution in [1.82, 2.24) is 9.80 Å². The topological polar surface area (TPSA) is 6.48 Å². The SMILES string of the molecule is CCN(CC)C(=S)[S-].CN(C)C(=S)[S-].[Cu+].[Cu+]. The van der Waals surface area contributed by atoms with Gasteiger partial charge in [-0.15, -0.1) is 0 Å². The average Bonchev–Trinajstić information content (AvgIpc) is 2.06. The second-order valence-corrected chi connectivity index (χ2v) is 4.66. The molecule has 0 saturated carbocycles. The van der Waals surface area contributed by atoms with Crippen molar-refractivity contribution in [2.24, 2.45) is 0 Å². The first-order valence-electron chi connectivity index (χ1n) is 4.20. The van der Waals surface area contributed by atoms with Crippen molar-refractivity contribution in [2.45, 2.75) is 13.8 Å². The van der Waals surface area contributed by atoms with Crippen LogP contribution in [0.3, 0.4) is 0 Å². The Kier molecular flexibility index (Phi) is 26.4. The number of nitrogens with zero attached hydrogens (tertiary/aromatic N) is 2. The minimum Gasteiger partial charge on any atom is -0.411 e. The van der Waals surface area contributed by atoms with Gasteiger partial charge < -0.3 is 59.5 Å². The number of hydrogen-bond acceptors (Lipinski definition) is 4. The summed E-state index contributed by atoms with van der Waals surface area (Å²) < 4.78 is 1.09. The summed E-state index contributed by atoms with van der Waals surface area (Å²) in [4.78, 5) is 3.68. The van der Waals surface area contributed by atoms with Crippen LogP contribution in [-0.4, -0.2) is 45.6 Å². The first-order chi connectivity index (χ1) is 6.36. The third-order valence-corrected chi connectivity index (χ3v) is 2.63. The van der Waals surface area contributed by atoms with Gasteiger partial charge in [0.2, 0.25) is 0 Å². The molecule has 16 heavy (non-hydrogen) atoms. The molecule has 0 aliphatic carbocycles. The fourth-order valence-electron chi connectivity index (χ4n) is 0.482. The summed E-state index contributed by atoms with van der Waals surface area (Å²) >= 11 is 18.6. The molecule has 0 spiro atoms. The fourth-order valence-corrected chi connectivity index (χ4v) is 0.998. The van der Waals surface area contributed by atoms with Gasteiger partial charge >= 0.3 is 34.1 Å². The fraction of sp³-hybridized carbons (Fsp3) is 0.750. The quantitative estimate of drug-likeness (QED) is 0.395. The van der Waals surface area contributed by atoms with E-state index in [2.05, 4.69) is 24.8 Å². The molecule has 0 aromatic heterocycles. The van der Waals surface area contributed by atoms with E-state index < -0.39 is 0 Å². The van der Waals surface area contributed by atoms with E-state index in [4.69, 9.17) is 24.8 Å². The Morgan fingerprint density at radius 1 is 0.938 bits per heavy atom. The van der Waals surface area contributed by atoms with Crippen LogP contribution < -0.4 is 0 Å². The van der Waals surface area contributed by atoms with Gasteiger partial charge in [0.15, 0.2) is 0 Å². The molecule has 0 unspecified atom stereocenters. The predicted octanol–water partition coefficient (Wildman–Crippen LogP) is 1.53. The Bertz CT molecular complexity index is 187. The van der Waals surface area contributed by atoms with E-state index in [-0.39, 0.29) is 34.1 Å². The van der Waals surface area contributed by atoms with Crippen LogP contribution in [0.4, 0.5) is 0 Å². The molecule has 0 aliphatic heterocycles. The van der Waals surface area contributed by atoms with Crippen LogP contribution in [0, 0.1) is 0 Å². The van der Waals surface area contributed by atoms with Crippen LogP contribution in [0.15, 0.2) is 0 Å². The molecule has 0 radical (unpaired) electrons. The molecule has 0 rings (SSSR count). The zero-order valence-electron chi connectivity index (χ0n) is 9.54. The summed E-state index contributed by atoms with van der Waals surface area (Å²) in [7, 11) is 3.66. The third kappa shape index (κ3) is 17.6. The minimum atomic E-state index is 0. The first kappa shape index (κ1) is 26.0. The normalized spacial score (nSPS) is 7.25. The van der Waals surface area contributed by atoms with Gasteiger partial charge in [-0.25, -0.2) is 0 Å². The zero-order valence-corrected chi connectivity index (χ0v) is 14.7. The van der Waals surface area contributed by atoms with Crippen LogP contribution in [0.5, 0.6) is 0 Å². The molecule has 0 N–H and O–H groups in total. The van der Waals surface area contributed by atoms with E-state index in [1.54, 1.807) is 4.90 Å². The summed E-state index contributed by atoms with van der Waals surface area (Å²) in [5.74, 6) is 0. The molecule has 0 atom stereocenters. The maximum Gasteiger partial charge on any atom is 1.00 e. The van der Waals surface area contributed by atoms with Gasteiger partial charge in [-0.1, -0.05) is 8.64 Å². The van der Waals surface area contributed by atoms with Gasteiger partial charge in [0, 0.05) is 27.2 Å². The summed E-state index contributed by atoms with van der Waals surface area (Å²) in [6, 6.07) is 0. The summed E-state index contributed by atoms with van der Waals surface area (Å²) in [6.07, 6.45) is 0. The van der Waals surface area contributed by atoms with Gasteiger partial charge in [0.05, 0.1) is 0 Å². The Morgan fingerprint density at radius 3 is 1.19 bits per heavy atom. The minimum absolute atomic E-state index is 0. The molecule has 0 bridgehead atoms. The van der Waals surface area contributed by atoms with Gasteiger partial charge in [-0.2, -0.15) is 0 Å². The van der Waals surface area contributed by atoms with E-state index in [9.17, 15) is 0 Å². The van der Waals surface area contributed by atoms with Gasteiger partial charge in [0.1, 0.15) is 0 Å². The van der Waals surface area contributed by atoms with E-state index in [0.29, 0.717) is 8.64 Å². The zero-order chi connectivity index (χ0) is 11.7. The van der Waals surface area contributed by atoms with Crippen molar-refractivity contribution in [3.8, 4) is 0 Å². The molecular weight excluding hydrogens is 379 g/mol. The summed E-state index contributed by atoms with van der Waals surface area (Å²) in [5.41, 5.74) is 0. The van der Waals surface area contributed by atoms with Gasteiger partial charge in [0.25, 0.3) is 0 Å². The van der Waals surface area contributed by atoms with Crippen LogP contribution in [0.2, 0.25) is 0 Å². The average molecular weight is 396 g/mol. The largest absolute Gasteiger partial charge is 1.00 e. The maximum absolute atomic E-state index is 4.76. The Morgan fingerprint density at radius 2 is 1.19 bits per heavy atom. The van der Waals surface area contributed by atoms with Crippen LogP contribution in [-0.2, 0) is 59.4 Å². The van der Waals surface area contributed by atoms with E-state index in [1.165, 1.54) is 0 Å². The first-order valence-corrected chi connectivity index (χ1v) is 5.84. The second-order valence-electron chi connectivity index (χ2n) is 2.60. The van der Waals surface area contributed by atoms with Crippen LogP contribution >= 0.6 is 24.4 Å². The molecule has 104 valence electrons. The van der Waals surface area contributed by atoms with Gasteiger partial charge in [-0.3, -0.25) is 0 Å². The monoisotopic (exact) mass is 394 g/mol. The van der Waals surface area contributed by atoms with Crippen LogP contribution in [0.25, 0.3) is 0 Å². The van der Waals surface area contributed by atoms with Crippen molar-refractivity contribution in [3.63, 3.8) is 0 Å². The van der Waals surface area contributed by atoms with E-state index in [1.807, 2.05) is 32.8 Å². The molecular formula is C8H16Cu2N2S4. The molecule has 0 amide bonds. The van der Waals surface area contributed by atoms with Crippen molar-refractivity contribution >= 4 is 58.3 Å². The standard InChI is InChI=1S/C5H11NS2.C3H7NS2.2Cu/c1-3-6(4-2)5(7)8;1-4(2)3(5)6;;/h3-4H2,1-2H3,(H,7,8);1-2H3,(H,5,6);;/q;;2*+1/p-2. The second kappa shape index (κ2) is 16.3. The molecule has 0 fully saturated rings. The molecule has 0 aliphatic rings. The van der Waals surface area contributed by atoms with Crippen LogP contribution in [0.1, 0.15) is 13.8 Å².